The van der Waals surface area contributed by atoms with Crippen LogP contribution < -0.4 is 4.90 Å². The van der Waals surface area contributed by atoms with Gasteiger partial charge in [0.2, 0.25) is 0 Å². The standard InChI is InChI=1S/C56H47N/c1-55(2)50-28-16-14-27-46(50)49-36-48(40-31-30-38-18-12-13-19-39(38)34-40)54(37-52(49)55)57(43-24-10-5-11-25-43)44-32-33-47-45-26-15-17-29-51(45)56(53(47)35-44,41-20-6-3-7-21-41)42-22-8-4-9-23-42/h3-8,10-11,14-17,20-22,24-37H,9,12-13,18-19,23H2,1-2H3. The number of aryl methyl sites for hydroxylation is 2. The molecule has 0 aromatic heterocycles. The van der Waals surface area contributed by atoms with Crippen LogP contribution in [0.3, 0.4) is 0 Å². The molecule has 0 spiro atoms. The van der Waals surface area contributed by atoms with Crippen LogP contribution in [-0.2, 0) is 23.7 Å². The monoisotopic (exact) mass is 733 g/mol. The second-order valence-electron chi connectivity index (χ2n) is 17.0. The van der Waals surface area contributed by atoms with Crippen molar-refractivity contribution in [1.82, 2.24) is 0 Å². The van der Waals surface area contributed by atoms with Gasteiger partial charge in [-0.05, 0) is 142 Å². The van der Waals surface area contributed by atoms with Gasteiger partial charge in [-0.2, -0.15) is 0 Å². The minimum Gasteiger partial charge on any atom is -0.310 e. The summed E-state index contributed by atoms with van der Waals surface area (Å²) in [5.41, 5.74) is 22.3. The van der Waals surface area contributed by atoms with Crippen LogP contribution in [0.4, 0.5) is 17.1 Å². The zero-order valence-corrected chi connectivity index (χ0v) is 32.9. The molecule has 0 bridgehead atoms. The van der Waals surface area contributed by atoms with Gasteiger partial charge in [-0.1, -0.05) is 159 Å². The molecule has 276 valence electrons. The highest BCUT2D eigenvalue weighted by molar-refractivity contribution is 5.96. The van der Waals surface area contributed by atoms with E-state index in [0.29, 0.717) is 0 Å². The summed E-state index contributed by atoms with van der Waals surface area (Å²) in [6.07, 6.45) is 13.9. The lowest BCUT2D eigenvalue weighted by Gasteiger charge is -2.37. The third-order valence-electron chi connectivity index (χ3n) is 13.6. The third kappa shape index (κ3) is 5.14. The molecule has 0 saturated heterocycles. The number of hydrogen-bond acceptors (Lipinski definition) is 1. The molecule has 4 aliphatic carbocycles. The van der Waals surface area contributed by atoms with Crippen molar-refractivity contribution in [3.8, 4) is 33.4 Å². The van der Waals surface area contributed by atoms with Crippen molar-refractivity contribution in [3.63, 3.8) is 0 Å². The van der Waals surface area contributed by atoms with E-state index >= 15 is 0 Å². The fraction of sp³-hybridized carbons (Fsp3) is 0.179. The predicted octanol–water partition coefficient (Wildman–Crippen LogP) is 14.6. The first-order chi connectivity index (χ1) is 28.0. The molecule has 1 nitrogen and oxygen atoms in total. The van der Waals surface area contributed by atoms with Crippen molar-refractivity contribution < 1.29 is 0 Å². The highest BCUT2D eigenvalue weighted by atomic mass is 15.1. The van der Waals surface area contributed by atoms with Crippen molar-refractivity contribution in [1.29, 1.82) is 0 Å². The number of rotatable bonds is 6. The number of nitrogens with zero attached hydrogens (tertiary/aromatic N) is 1. The third-order valence-corrected chi connectivity index (χ3v) is 13.6. The Hall–Kier alpha value is -6.18. The Morgan fingerprint density at radius 2 is 1.16 bits per heavy atom. The quantitative estimate of drug-likeness (QED) is 0.164. The average molecular weight is 734 g/mol. The molecule has 1 unspecified atom stereocenters. The molecular weight excluding hydrogens is 687 g/mol. The molecular formula is C56H47N. The van der Waals surface area contributed by atoms with Gasteiger partial charge in [0.25, 0.3) is 0 Å². The summed E-state index contributed by atoms with van der Waals surface area (Å²) in [4.78, 5) is 2.56. The van der Waals surface area contributed by atoms with Gasteiger partial charge >= 0.3 is 0 Å². The van der Waals surface area contributed by atoms with Crippen LogP contribution >= 0.6 is 0 Å². The number of benzene rings is 7. The Morgan fingerprint density at radius 1 is 0.474 bits per heavy atom. The van der Waals surface area contributed by atoms with Crippen LogP contribution in [0.15, 0.2) is 182 Å². The fourth-order valence-corrected chi connectivity index (χ4v) is 10.9. The molecule has 0 aliphatic heterocycles. The number of para-hydroxylation sites is 1. The molecule has 57 heavy (non-hydrogen) atoms. The molecule has 11 rings (SSSR count). The maximum atomic E-state index is 2.56. The van der Waals surface area contributed by atoms with E-state index in [9.17, 15) is 0 Å². The first kappa shape index (κ1) is 34.1. The second kappa shape index (κ2) is 13.2. The Morgan fingerprint density at radius 3 is 1.93 bits per heavy atom. The van der Waals surface area contributed by atoms with Crippen molar-refractivity contribution in [2.45, 2.75) is 63.2 Å². The van der Waals surface area contributed by atoms with Gasteiger partial charge in [0, 0.05) is 22.4 Å². The molecule has 0 fully saturated rings. The molecule has 0 radical (unpaired) electrons. The summed E-state index contributed by atoms with van der Waals surface area (Å²) in [6.45, 7) is 4.81. The van der Waals surface area contributed by atoms with Crippen LogP contribution in [-0.4, -0.2) is 0 Å². The lowest BCUT2D eigenvalue weighted by Crippen LogP contribution is -2.30. The molecule has 4 aliphatic rings. The van der Waals surface area contributed by atoms with Gasteiger partial charge in [-0.3, -0.25) is 0 Å². The van der Waals surface area contributed by atoms with Crippen LogP contribution in [0.5, 0.6) is 0 Å². The largest absolute Gasteiger partial charge is 0.310 e. The van der Waals surface area contributed by atoms with Crippen molar-refractivity contribution in [3.05, 3.63) is 220 Å². The number of fused-ring (bicyclic) bond motifs is 7. The molecule has 7 aromatic carbocycles. The normalized spacial score (nSPS) is 18.2. The maximum Gasteiger partial charge on any atom is 0.0677 e. The molecule has 0 saturated carbocycles. The van der Waals surface area contributed by atoms with E-state index in [2.05, 4.69) is 195 Å². The first-order valence-corrected chi connectivity index (χ1v) is 21.0. The maximum absolute atomic E-state index is 2.56. The molecule has 0 heterocycles. The lowest BCUT2D eigenvalue weighted by molar-refractivity contribution is 0.660. The molecule has 1 atom stereocenters. The second-order valence-corrected chi connectivity index (χ2v) is 17.0. The van der Waals surface area contributed by atoms with Crippen LogP contribution in [0.1, 0.15) is 78.5 Å². The zero-order chi connectivity index (χ0) is 38.1. The molecule has 7 aromatic rings. The van der Waals surface area contributed by atoms with Gasteiger partial charge in [-0.25, -0.2) is 0 Å². The van der Waals surface area contributed by atoms with E-state index in [0.717, 1.165) is 24.9 Å². The highest BCUT2D eigenvalue weighted by Gasteiger charge is 2.47. The van der Waals surface area contributed by atoms with Crippen LogP contribution in [0.2, 0.25) is 0 Å². The zero-order valence-electron chi connectivity index (χ0n) is 32.9. The molecule has 0 amide bonds. The van der Waals surface area contributed by atoms with Crippen molar-refractivity contribution >= 4 is 17.1 Å². The summed E-state index contributed by atoms with van der Waals surface area (Å²) >= 11 is 0. The minimum atomic E-state index is -0.404. The van der Waals surface area contributed by atoms with Gasteiger partial charge in [0.05, 0.1) is 11.1 Å². The van der Waals surface area contributed by atoms with Crippen LogP contribution in [0, 0.1) is 0 Å². The Kier molecular flexibility index (Phi) is 7.90. The van der Waals surface area contributed by atoms with Gasteiger partial charge in [-0.15, -0.1) is 0 Å². The van der Waals surface area contributed by atoms with Gasteiger partial charge in [0.15, 0.2) is 0 Å². The summed E-state index contributed by atoms with van der Waals surface area (Å²) in [6, 6.07) is 60.3. The van der Waals surface area contributed by atoms with Crippen molar-refractivity contribution in [2.24, 2.45) is 0 Å². The first-order valence-electron chi connectivity index (χ1n) is 21.0. The number of allylic oxidation sites excluding steroid dienone is 4. The SMILES string of the molecule is CC1(C)c2ccccc2-c2cc(-c3ccc4c(c3)CCCC4)c(N(c3ccccc3)c3ccc4c(c3)C(C3=CC=CCC3)(c3ccccc3)c3ccccc3-4)cc21. The van der Waals surface area contributed by atoms with E-state index in [-0.39, 0.29) is 5.41 Å². The lowest BCUT2D eigenvalue weighted by atomic mass is 9.65. The Bertz CT molecular complexity index is 2770. The van der Waals surface area contributed by atoms with Gasteiger partial charge < -0.3 is 4.90 Å². The topological polar surface area (TPSA) is 3.24 Å². The van der Waals surface area contributed by atoms with E-state index in [1.54, 1.807) is 0 Å². The van der Waals surface area contributed by atoms with Crippen LogP contribution in [0.25, 0.3) is 33.4 Å². The van der Waals surface area contributed by atoms with E-state index in [4.69, 9.17) is 0 Å². The Labute approximate surface area is 337 Å². The van der Waals surface area contributed by atoms with Gasteiger partial charge in [0.1, 0.15) is 0 Å². The predicted molar refractivity (Wildman–Crippen MR) is 239 cm³/mol. The summed E-state index contributed by atoms with van der Waals surface area (Å²) < 4.78 is 0. The smallest absolute Gasteiger partial charge is 0.0677 e. The number of anilines is 3. The minimum absolute atomic E-state index is 0.138. The highest BCUT2D eigenvalue weighted by Crippen LogP contribution is 2.59. The van der Waals surface area contributed by atoms with Crippen molar-refractivity contribution in [2.75, 3.05) is 4.90 Å². The summed E-state index contributed by atoms with van der Waals surface area (Å²) in [5, 5.41) is 0. The van der Waals surface area contributed by atoms with E-state index in [1.807, 2.05) is 0 Å². The number of hydrogen-bond donors (Lipinski definition) is 0. The van der Waals surface area contributed by atoms with E-state index < -0.39 is 5.41 Å². The summed E-state index contributed by atoms with van der Waals surface area (Å²) in [5.74, 6) is 0. The molecule has 0 N–H and O–H groups in total. The summed E-state index contributed by atoms with van der Waals surface area (Å²) in [7, 11) is 0. The molecule has 1 heteroatoms. The van der Waals surface area contributed by atoms with E-state index in [1.165, 1.54) is 109 Å². The average Bonchev–Trinajstić information content (AvgIpc) is 3.69. The Balaban J connectivity index is 1.20. The fourth-order valence-electron chi connectivity index (χ4n) is 10.9.